The number of nitrogens with one attached hydrogen (secondary N) is 2. The summed E-state index contributed by atoms with van der Waals surface area (Å²) >= 11 is 0. The van der Waals surface area contributed by atoms with Crippen molar-refractivity contribution in [1.82, 2.24) is 14.5 Å². The minimum atomic E-state index is -0.572. The lowest BCUT2D eigenvalue weighted by Crippen LogP contribution is -2.31. The van der Waals surface area contributed by atoms with E-state index in [-0.39, 0.29) is 16.6 Å². The fourth-order valence-electron chi connectivity index (χ4n) is 2.72. The molecule has 0 radical (unpaired) electrons. The molecule has 0 bridgehead atoms. The number of nitrogens with zero attached hydrogens (tertiary/aromatic N) is 2. The molecule has 26 heavy (non-hydrogen) atoms. The third-order valence-electron chi connectivity index (χ3n) is 4.05. The van der Waals surface area contributed by atoms with Gasteiger partial charge < -0.3 is 10.1 Å². The van der Waals surface area contributed by atoms with Crippen LogP contribution in [0.25, 0.3) is 11.0 Å². The van der Waals surface area contributed by atoms with Crippen LogP contribution in [0.1, 0.15) is 23.0 Å². The van der Waals surface area contributed by atoms with Gasteiger partial charge in [0.1, 0.15) is 11.4 Å². The summed E-state index contributed by atoms with van der Waals surface area (Å²) < 4.78 is 6.49. The molecule has 2 aromatic heterocycles. The summed E-state index contributed by atoms with van der Waals surface area (Å²) in [6.45, 7) is 3.79. The molecule has 0 spiro atoms. The van der Waals surface area contributed by atoms with Crippen LogP contribution in [-0.4, -0.2) is 27.6 Å². The molecule has 1 amide bonds. The van der Waals surface area contributed by atoms with E-state index in [0.717, 1.165) is 0 Å². The first-order valence-electron chi connectivity index (χ1n) is 8.04. The lowest BCUT2D eigenvalue weighted by molar-refractivity contribution is 0.102. The van der Waals surface area contributed by atoms with Gasteiger partial charge in [0.2, 0.25) is 0 Å². The molecule has 3 rings (SSSR count). The number of carbonyl (C=O) groups is 1. The average Bonchev–Trinajstić information content (AvgIpc) is 2.61. The molecular weight excluding hydrogens is 336 g/mol. The summed E-state index contributed by atoms with van der Waals surface area (Å²) in [5, 5.41) is 2.95. The van der Waals surface area contributed by atoms with Gasteiger partial charge in [-0.1, -0.05) is 6.07 Å². The third kappa shape index (κ3) is 3.08. The minimum absolute atomic E-state index is 0.188. The number of rotatable bonds is 4. The standard InChI is InChI=1S/C18H18N4O4/c1-4-22-15-14(17(24)21-18(22)25)9-13(10(2)19-15)16(23)20-11-6-5-7-12(8-11)26-3/h5-9H,4H2,1-3H3,(H,20,23)(H,21,24,25). The quantitative estimate of drug-likeness (QED) is 0.741. The van der Waals surface area contributed by atoms with Crippen LogP contribution >= 0.6 is 0 Å². The van der Waals surface area contributed by atoms with Gasteiger partial charge in [-0.2, -0.15) is 0 Å². The van der Waals surface area contributed by atoms with Crippen molar-refractivity contribution in [3.05, 3.63) is 62.4 Å². The summed E-state index contributed by atoms with van der Waals surface area (Å²) in [6.07, 6.45) is 0. The fourth-order valence-corrected chi connectivity index (χ4v) is 2.72. The van der Waals surface area contributed by atoms with E-state index in [1.165, 1.54) is 17.7 Å². The molecule has 8 nitrogen and oxygen atoms in total. The van der Waals surface area contributed by atoms with Crippen LogP contribution in [0.15, 0.2) is 39.9 Å². The van der Waals surface area contributed by atoms with Crippen molar-refractivity contribution in [2.45, 2.75) is 20.4 Å². The predicted molar refractivity (Wildman–Crippen MR) is 98.0 cm³/mol. The minimum Gasteiger partial charge on any atom is -0.497 e. The molecule has 0 aliphatic carbocycles. The molecule has 2 heterocycles. The highest BCUT2D eigenvalue weighted by Crippen LogP contribution is 2.19. The number of carbonyl (C=O) groups excluding carboxylic acids is 1. The van der Waals surface area contributed by atoms with Crippen molar-refractivity contribution in [3.8, 4) is 5.75 Å². The van der Waals surface area contributed by atoms with E-state index in [0.29, 0.717) is 23.7 Å². The van der Waals surface area contributed by atoms with Crippen LogP contribution in [0, 0.1) is 6.92 Å². The van der Waals surface area contributed by atoms with Gasteiger partial charge in [0.05, 0.1) is 23.8 Å². The number of aromatic nitrogens is 3. The lowest BCUT2D eigenvalue weighted by atomic mass is 10.1. The van der Waals surface area contributed by atoms with Crippen LogP contribution in [0.5, 0.6) is 5.75 Å². The third-order valence-corrected chi connectivity index (χ3v) is 4.05. The molecular formula is C18H18N4O4. The van der Waals surface area contributed by atoms with Crippen molar-refractivity contribution in [3.63, 3.8) is 0 Å². The van der Waals surface area contributed by atoms with Gasteiger partial charge in [0.25, 0.3) is 11.5 Å². The zero-order valence-electron chi connectivity index (χ0n) is 14.6. The Hall–Kier alpha value is -3.42. The van der Waals surface area contributed by atoms with E-state index < -0.39 is 17.2 Å². The summed E-state index contributed by atoms with van der Waals surface area (Å²) in [5.41, 5.74) is 0.401. The number of anilines is 1. The first kappa shape index (κ1) is 17.4. The topological polar surface area (TPSA) is 106 Å². The van der Waals surface area contributed by atoms with Crippen LogP contribution in [-0.2, 0) is 6.54 Å². The maximum atomic E-state index is 12.6. The number of aromatic amines is 1. The zero-order chi connectivity index (χ0) is 18.8. The summed E-state index contributed by atoms with van der Waals surface area (Å²) in [6, 6.07) is 8.39. The Bertz CT molecular complexity index is 1110. The average molecular weight is 354 g/mol. The Labute approximate surface area is 148 Å². The fraction of sp³-hybridized carbons (Fsp3) is 0.222. The van der Waals surface area contributed by atoms with Gasteiger partial charge in [0, 0.05) is 18.3 Å². The van der Waals surface area contributed by atoms with Gasteiger partial charge in [0.15, 0.2) is 0 Å². The Kier molecular flexibility index (Phi) is 4.57. The first-order chi connectivity index (χ1) is 12.4. The number of methoxy groups -OCH3 is 1. The highest BCUT2D eigenvalue weighted by Gasteiger charge is 2.16. The molecule has 1 aromatic carbocycles. The van der Waals surface area contributed by atoms with Gasteiger partial charge in [-0.15, -0.1) is 0 Å². The van der Waals surface area contributed by atoms with Crippen molar-refractivity contribution in [2.75, 3.05) is 12.4 Å². The Morgan fingerprint density at radius 1 is 1.31 bits per heavy atom. The van der Waals surface area contributed by atoms with Crippen molar-refractivity contribution >= 4 is 22.6 Å². The maximum absolute atomic E-state index is 12.6. The van der Waals surface area contributed by atoms with Crippen LogP contribution in [0.2, 0.25) is 0 Å². The number of fused-ring (bicyclic) bond motifs is 1. The molecule has 0 atom stereocenters. The van der Waals surface area contributed by atoms with Crippen molar-refractivity contribution in [2.24, 2.45) is 0 Å². The number of benzene rings is 1. The molecule has 0 fully saturated rings. The first-order valence-corrected chi connectivity index (χ1v) is 8.04. The number of ether oxygens (including phenoxy) is 1. The molecule has 0 saturated heterocycles. The second-order valence-electron chi connectivity index (χ2n) is 5.68. The van der Waals surface area contributed by atoms with E-state index in [1.54, 1.807) is 38.1 Å². The largest absolute Gasteiger partial charge is 0.497 e. The number of hydrogen-bond donors (Lipinski definition) is 2. The summed E-state index contributed by atoms with van der Waals surface area (Å²) in [5.74, 6) is 0.207. The smallest absolute Gasteiger partial charge is 0.329 e. The summed E-state index contributed by atoms with van der Waals surface area (Å²) in [7, 11) is 1.54. The van der Waals surface area contributed by atoms with Gasteiger partial charge in [-0.3, -0.25) is 19.1 Å². The number of H-pyrrole nitrogens is 1. The van der Waals surface area contributed by atoms with Crippen LogP contribution in [0.4, 0.5) is 5.69 Å². The second-order valence-corrected chi connectivity index (χ2v) is 5.68. The van der Waals surface area contributed by atoms with Gasteiger partial charge in [-0.25, -0.2) is 9.78 Å². The van der Waals surface area contributed by atoms with Crippen LogP contribution in [0.3, 0.4) is 0 Å². The maximum Gasteiger partial charge on any atom is 0.329 e. The highest BCUT2D eigenvalue weighted by molar-refractivity contribution is 6.06. The molecule has 134 valence electrons. The monoisotopic (exact) mass is 354 g/mol. The lowest BCUT2D eigenvalue weighted by Gasteiger charge is -2.11. The number of amides is 1. The molecule has 2 N–H and O–H groups in total. The van der Waals surface area contributed by atoms with E-state index >= 15 is 0 Å². The van der Waals surface area contributed by atoms with Crippen molar-refractivity contribution in [1.29, 1.82) is 0 Å². The Morgan fingerprint density at radius 2 is 2.08 bits per heavy atom. The SMILES string of the molecule is CCn1c(=O)[nH]c(=O)c2cc(C(=O)Nc3cccc(OC)c3)c(C)nc21. The van der Waals surface area contributed by atoms with Gasteiger partial charge >= 0.3 is 5.69 Å². The van der Waals surface area contributed by atoms with E-state index in [1.807, 2.05) is 0 Å². The normalized spacial score (nSPS) is 10.7. The second kappa shape index (κ2) is 6.83. The molecule has 0 aliphatic heterocycles. The van der Waals surface area contributed by atoms with E-state index in [9.17, 15) is 14.4 Å². The molecule has 0 aliphatic rings. The molecule has 0 saturated carbocycles. The molecule has 8 heteroatoms. The Balaban J connectivity index is 2.07. The highest BCUT2D eigenvalue weighted by atomic mass is 16.5. The number of pyridine rings is 1. The zero-order valence-corrected chi connectivity index (χ0v) is 14.6. The number of aryl methyl sites for hydroxylation is 2. The molecule has 0 unspecified atom stereocenters. The summed E-state index contributed by atoms with van der Waals surface area (Å²) in [4.78, 5) is 43.2. The van der Waals surface area contributed by atoms with E-state index in [4.69, 9.17) is 4.74 Å². The van der Waals surface area contributed by atoms with Crippen molar-refractivity contribution < 1.29 is 9.53 Å². The van der Waals surface area contributed by atoms with Gasteiger partial charge in [-0.05, 0) is 32.0 Å². The van der Waals surface area contributed by atoms with Crippen LogP contribution < -0.4 is 21.3 Å². The van der Waals surface area contributed by atoms with E-state index in [2.05, 4.69) is 15.3 Å². The Morgan fingerprint density at radius 3 is 2.77 bits per heavy atom. The predicted octanol–water partition coefficient (Wildman–Crippen LogP) is 1.67. The number of hydrogen-bond acceptors (Lipinski definition) is 5. The molecule has 3 aromatic rings.